The van der Waals surface area contributed by atoms with Crippen LogP contribution < -0.4 is 5.32 Å². The lowest BCUT2D eigenvalue weighted by atomic mass is 10.1. The molecule has 0 saturated carbocycles. The monoisotopic (exact) mass is 208 g/mol. The predicted octanol–water partition coefficient (Wildman–Crippen LogP) is 0.833. The zero-order valence-corrected chi connectivity index (χ0v) is 8.94. The molecule has 0 aromatic carbocycles. The summed E-state index contributed by atoms with van der Waals surface area (Å²) in [6.07, 6.45) is 5.21. The van der Waals surface area contributed by atoms with Crippen molar-refractivity contribution in [3.8, 4) is 0 Å². The van der Waals surface area contributed by atoms with Gasteiger partial charge >= 0.3 is 0 Å². The van der Waals surface area contributed by atoms with E-state index in [1.807, 2.05) is 7.05 Å². The van der Waals surface area contributed by atoms with E-state index in [4.69, 9.17) is 4.74 Å². The van der Waals surface area contributed by atoms with E-state index in [9.17, 15) is 0 Å². The van der Waals surface area contributed by atoms with E-state index in [0.29, 0.717) is 6.54 Å². The summed E-state index contributed by atoms with van der Waals surface area (Å²) in [7, 11) is 1.87. The molecule has 1 aromatic heterocycles. The Labute approximate surface area is 89.3 Å². The molecule has 1 aromatic rings. The maximum Gasteiger partial charge on any atom is 0.165 e. The van der Waals surface area contributed by atoms with E-state index in [2.05, 4.69) is 20.5 Å². The number of nitrogens with zero attached hydrogens (tertiary/aromatic N) is 3. The fourth-order valence-corrected chi connectivity index (χ4v) is 1.72. The Morgan fingerprint density at radius 3 is 3.20 bits per heavy atom. The Kier molecular flexibility index (Phi) is 3.58. The Hall–Kier alpha value is -1.07. The van der Waals surface area contributed by atoms with Crippen molar-refractivity contribution in [1.29, 1.82) is 0 Å². The van der Waals surface area contributed by atoms with Crippen LogP contribution in [0.3, 0.4) is 0 Å². The summed E-state index contributed by atoms with van der Waals surface area (Å²) in [4.78, 5) is 4.43. The quantitative estimate of drug-likeness (QED) is 0.797. The summed E-state index contributed by atoms with van der Waals surface area (Å²) in [5, 5.41) is 10.9. The normalized spacial score (nSPS) is 21.5. The van der Waals surface area contributed by atoms with Crippen LogP contribution in [-0.2, 0) is 11.3 Å². The summed E-state index contributed by atoms with van der Waals surface area (Å²) in [5.41, 5.74) is 0.912. The minimum absolute atomic E-state index is 0.116. The third-order valence-corrected chi connectivity index (χ3v) is 2.47. The standard InChI is InChI=1S/C10H16N4O/c1-11-7-10-13-8(6-12-14-10)9-4-2-3-5-15-9/h6,9,11H,2-5,7H2,1H3. The van der Waals surface area contributed by atoms with Crippen LogP contribution in [0.25, 0.3) is 0 Å². The highest BCUT2D eigenvalue weighted by atomic mass is 16.5. The molecule has 5 nitrogen and oxygen atoms in total. The summed E-state index contributed by atoms with van der Waals surface area (Å²) >= 11 is 0. The van der Waals surface area contributed by atoms with E-state index in [0.717, 1.165) is 31.0 Å². The molecule has 1 aliphatic rings. The molecule has 2 heterocycles. The smallest absolute Gasteiger partial charge is 0.165 e. The number of aromatic nitrogens is 3. The van der Waals surface area contributed by atoms with Crippen molar-refractivity contribution in [2.75, 3.05) is 13.7 Å². The Morgan fingerprint density at radius 1 is 1.53 bits per heavy atom. The van der Waals surface area contributed by atoms with Gasteiger partial charge in [-0.05, 0) is 26.3 Å². The molecule has 0 aliphatic carbocycles. The van der Waals surface area contributed by atoms with E-state index in [-0.39, 0.29) is 6.10 Å². The molecule has 1 atom stereocenters. The lowest BCUT2D eigenvalue weighted by molar-refractivity contribution is 0.0118. The molecule has 1 aliphatic heterocycles. The van der Waals surface area contributed by atoms with Crippen LogP contribution in [0.5, 0.6) is 0 Å². The van der Waals surface area contributed by atoms with Crippen molar-refractivity contribution in [3.63, 3.8) is 0 Å². The molecule has 0 amide bonds. The van der Waals surface area contributed by atoms with Gasteiger partial charge in [0, 0.05) is 6.61 Å². The number of rotatable bonds is 3. The summed E-state index contributed by atoms with van der Waals surface area (Å²) in [6, 6.07) is 0. The first-order valence-corrected chi connectivity index (χ1v) is 5.35. The van der Waals surface area contributed by atoms with Gasteiger partial charge in [0.05, 0.1) is 18.4 Å². The number of hydrogen-bond acceptors (Lipinski definition) is 5. The summed E-state index contributed by atoms with van der Waals surface area (Å²) in [5.74, 6) is 0.726. The molecule has 0 bridgehead atoms. The highest BCUT2D eigenvalue weighted by Gasteiger charge is 2.18. The van der Waals surface area contributed by atoms with Crippen molar-refractivity contribution in [3.05, 3.63) is 17.7 Å². The molecule has 0 spiro atoms. The SMILES string of the molecule is CNCc1nncc(C2CCCCO2)n1. The van der Waals surface area contributed by atoms with Gasteiger partial charge in [-0.3, -0.25) is 0 Å². The molecule has 1 N–H and O–H groups in total. The third kappa shape index (κ3) is 2.70. The second-order valence-corrected chi connectivity index (χ2v) is 3.68. The van der Waals surface area contributed by atoms with Gasteiger partial charge in [-0.2, -0.15) is 5.10 Å². The van der Waals surface area contributed by atoms with Crippen molar-refractivity contribution in [2.45, 2.75) is 31.9 Å². The van der Waals surface area contributed by atoms with Crippen LogP contribution in [-0.4, -0.2) is 28.8 Å². The van der Waals surface area contributed by atoms with Crippen LogP contribution in [0.1, 0.15) is 36.9 Å². The van der Waals surface area contributed by atoms with Gasteiger partial charge in [-0.15, -0.1) is 5.10 Å². The van der Waals surface area contributed by atoms with E-state index in [1.54, 1.807) is 6.20 Å². The van der Waals surface area contributed by atoms with Crippen molar-refractivity contribution >= 4 is 0 Å². The first kappa shape index (κ1) is 10.4. The molecule has 15 heavy (non-hydrogen) atoms. The van der Waals surface area contributed by atoms with Crippen LogP contribution in [0, 0.1) is 0 Å². The van der Waals surface area contributed by atoms with E-state index < -0.39 is 0 Å². The number of ether oxygens (including phenoxy) is 1. The van der Waals surface area contributed by atoms with Crippen LogP contribution >= 0.6 is 0 Å². The largest absolute Gasteiger partial charge is 0.372 e. The second kappa shape index (κ2) is 5.14. The number of nitrogens with one attached hydrogen (secondary N) is 1. The highest BCUT2D eigenvalue weighted by molar-refractivity contribution is 5.01. The van der Waals surface area contributed by atoms with Crippen LogP contribution in [0.15, 0.2) is 6.20 Å². The van der Waals surface area contributed by atoms with Gasteiger partial charge in [0.2, 0.25) is 0 Å². The molecular weight excluding hydrogens is 192 g/mol. The molecular formula is C10H16N4O. The summed E-state index contributed by atoms with van der Waals surface area (Å²) < 4.78 is 5.65. The Bertz CT molecular complexity index is 312. The first-order valence-electron chi connectivity index (χ1n) is 5.35. The fraction of sp³-hybridized carbons (Fsp3) is 0.700. The Balaban J connectivity index is 2.09. The van der Waals surface area contributed by atoms with Gasteiger partial charge in [0.1, 0.15) is 6.10 Å². The van der Waals surface area contributed by atoms with Gasteiger partial charge in [-0.25, -0.2) is 4.98 Å². The molecule has 1 saturated heterocycles. The van der Waals surface area contributed by atoms with Gasteiger partial charge < -0.3 is 10.1 Å². The van der Waals surface area contributed by atoms with Gasteiger partial charge in [-0.1, -0.05) is 0 Å². The maximum absolute atomic E-state index is 5.65. The molecule has 2 rings (SSSR count). The average molecular weight is 208 g/mol. The third-order valence-electron chi connectivity index (χ3n) is 2.47. The zero-order chi connectivity index (χ0) is 10.5. The van der Waals surface area contributed by atoms with E-state index in [1.165, 1.54) is 6.42 Å². The molecule has 82 valence electrons. The van der Waals surface area contributed by atoms with Gasteiger partial charge in [0.15, 0.2) is 5.82 Å². The topological polar surface area (TPSA) is 59.9 Å². The number of hydrogen-bond donors (Lipinski definition) is 1. The minimum atomic E-state index is 0.116. The first-order chi connectivity index (χ1) is 7.40. The predicted molar refractivity (Wildman–Crippen MR) is 55.1 cm³/mol. The van der Waals surface area contributed by atoms with E-state index >= 15 is 0 Å². The molecule has 1 unspecified atom stereocenters. The van der Waals surface area contributed by atoms with Crippen molar-refractivity contribution in [2.24, 2.45) is 0 Å². The van der Waals surface area contributed by atoms with Crippen LogP contribution in [0.2, 0.25) is 0 Å². The molecule has 0 radical (unpaired) electrons. The molecule has 1 fully saturated rings. The zero-order valence-electron chi connectivity index (χ0n) is 8.94. The maximum atomic E-state index is 5.65. The minimum Gasteiger partial charge on any atom is -0.372 e. The highest BCUT2D eigenvalue weighted by Crippen LogP contribution is 2.25. The summed E-state index contributed by atoms with van der Waals surface area (Å²) in [6.45, 7) is 1.48. The average Bonchev–Trinajstić information content (AvgIpc) is 2.31. The van der Waals surface area contributed by atoms with Crippen LogP contribution in [0.4, 0.5) is 0 Å². The lowest BCUT2D eigenvalue weighted by Crippen LogP contribution is -2.16. The Morgan fingerprint density at radius 2 is 2.47 bits per heavy atom. The van der Waals surface area contributed by atoms with Gasteiger partial charge in [0.25, 0.3) is 0 Å². The van der Waals surface area contributed by atoms with Crippen molar-refractivity contribution in [1.82, 2.24) is 20.5 Å². The second-order valence-electron chi connectivity index (χ2n) is 3.68. The van der Waals surface area contributed by atoms with Crippen molar-refractivity contribution < 1.29 is 4.74 Å². The lowest BCUT2D eigenvalue weighted by Gasteiger charge is -2.21. The fourth-order valence-electron chi connectivity index (χ4n) is 1.72. The molecule has 5 heteroatoms.